The van der Waals surface area contributed by atoms with Crippen LogP contribution in [-0.4, -0.2) is 65.1 Å². The molecule has 1 atom stereocenters. The molecule has 1 unspecified atom stereocenters. The lowest BCUT2D eigenvalue weighted by molar-refractivity contribution is -0.134. The normalized spacial score (nSPS) is 17.7. The molecule has 2 aromatic carbocycles. The van der Waals surface area contributed by atoms with Crippen LogP contribution in [0, 0.1) is 13.8 Å². The molecule has 0 bridgehead atoms. The lowest BCUT2D eigenvalue weighted by atomic mass is 10.0. The van der Waals surface area contributed by atoms with Crippen molar-refractivity contribution >= 4 is 40.7 Å². The van der Waals surface area contributed by atoms with Crippen molar-refractivity contribution in [1.29, 1.82) is 0 Å². The number of carbonyl (C=O) groups excluding carboxylic acids is 2. The summed E-state index contributed by atoms with van der Waals surface area (Å²) in [5, 5.41) is 7.20. The zero-order valence-electron chi connectivity index (χ0n) is 22.0. The van der Waals surface area contributed by atoms with Gasteiger partial charge in [-0.3, -0.25) is 14.5 Å². The van der Waals surface area contributed by atoms with Crippen molar-refractivity contribution in [3.63, 3.8) is 0 Å². The topological polar surface area (TPSA) is 67.7 Å². The fraction of sp³-hybridized carbons (Fsp3) is 0.300. The number of fused-ring (bicyclic) bond motifs is 1. The second-order valence-electron chi connectivity index (χ2n) is 9.78. The number of rotatable bonds is 5. The third kappa shape index (κ3) is 4.90. The minimum atomic E-state index is -0.0968. The maximum Gasteiger partial charge on any atom is 0.242 e. The molecular formula is C30H30N4O3S2. The molecule has 0 spiro atoms. The van der Waals surface area contributed by atoms with Gasteiger partial charge < -0.3 is 9.64 Å². The molecule has 2 aliphatic rings. The maximum atomic E-state index is 13.9. The molecule has 1 saturated heterocycles. The van der Waals surface area contributed by atoms with Crippen molar-refractivity contribution in [2.24, 2.45) is 0 Å². The van der Waals surface area contributed by atoms with Crippen molar-refractivity contribution in [1.82, 2.24) is 14.7 Å². The van der Waals surface area contributed by atoms with E-state index in [0.717, 1.165) is 28.1 Å². The van der Waals surface area contributed by atoms with Crippen molar-refractivity contribution in [3.05, 3.63) is 87.6 Å². The summed E-state index contributed by atoms with van der Waals surface area (Å²) in [6, 6.07) is 20.3. The number of hydrogen-bond donors (Lipinski definition) is 0. The molecule has 2 amide bonds. The first-order valence-electron chi connectivity index (χ1n) is 13.1. The van der Waals surface area contributed by atoms with Crippen LogP contribution >= 0.6 is 23.1 Å². The Morgan fingerprint density at radius 2 is 1.74 bits per heavy atom. The largest absolute Gasteiger partial charge is 0.378 e. The number of nitrogens with zero attached hydrogens (tertiary/aromatic N) is 4. The Bertz CT molecular complexity index is 1510. The second-order valence-corrected chi connectivity index (χ2v) is 11.8. The summed E-state index contributed by atoms with van der Waals surface area (Å²) in [6.45, 7) is 6.22. The Morgan fingerprint density at radius 3 is 2.46 bits per heavy atom. The molecule has 0 aliphatic carbocycles. The van der Waals surface area contributed by atoms with Crippen LogP contribution in [0.2, 0.25) is 0 Å². The fourth-order valence-electron chi connectivity index (χ4n) is 5.21. The second kappa shape index (κ2) is 11.0. The highest BCUT2D eigenvalue weighted by atomic mass is 32.2. The Kier molecular flexibility index (Phi) is 7.29. The van der Waals surface area contributed by atoms with E-state index in [4.69, 9.17) is 9.84 Å². The Hall–Kier alpha value is -3.40. The molecule has 0 saturated carbocycles. The number of thiophene rings is 1. The molecule has 7 nitrogen and oxygen atoms in total. The molecule has 39 heavy (non-hydrogen) atoms. The molecule has 0 radical (unpaired) electrons. The van der Waals surface area contributed by atoms with E-state index in [2.05, 4.69) is 30.5 Å². The van der Waals surface area contributed by atoms with Gasteiger partial charge in [0.25, 0.3) is 0 Å². The lowest BCUT2D eigenvalue weighted by Crippen LogP contribution is -2.48. The number of thioether (sulfide) groups is 1. The number of anilines is 1. The Balaban J connectivity index is 1.60. The average Bonchev–Trinajstić information content (AvgIpc) is 3.53. The van der Waals surface area contributed by atoms with Gasteiger partial charge in [0.1, 0.15) is 12.4 Å². The van der Waals surface area contributed by atoms with E-state index in [9.17, 15) is 9.59 Å². The van der Waals surface area contributed by atoms with Gasteiger partial charge in [0.15, 0.2) is 0 Å². The van der Waals surface area contributed by atoms with Gasteiger partial charge in [-0.1, -0.05) is 48.5 Å². The number of amides is 2. The van der Waals surface area contributed by atoms with Gasteiger partial charge in [0.2, 0.25) is 11.8 Å². The predicted octanol–water partition coefficient (Wildman–Crippen LogP) is 5.25. The van der Waals surface area contributed by atoms with Crippen LogP contribution in [0.5, 0.6) is 0 Å². The summed E-state index contributed by atoms with van der Waals surface area (Å²) in [6.07, 6.45) is 0. The quantitative estimate of drug-likeness (QED) is 0.335. The van der Waals surface area contributed by atoms with E-state index in [1.54, 1.807) is 32.9 Å². The number of ether oxygens (including phenoxy) is 1. The predicted molar refractivity (Wildman–Crippen MR) is 157 cm³/mol. The molecule has 6 rings (SSSR count). The summed E-state index contributed by atoms with van der Waals surface area (Å²) in [4.78, 5) is 32.1. The molecule has 0 N–H and O–H groups in total. The number of morpholine rings is 1. The summed E-state index contributed by atoms with van der Waals surface area (Å²) in [5.74, 6) is 0.786. The summed E-state index contributed by atoms with van der Waals surface area (Å²) in [7, 11) is 0. The number of aromatic nitrogens is 2. The third-order valence-electron chi connectivity index (χ3n) is 7.28. The summed E-state index contributed by atoms with van der Waals surface area (Å²) >= 11 is 3.32. The van der Waals surface area contributed by atoms with Crippen LogP contribution in [-0.2, 0) is 14.3 Å². The number of hydrogen-bond acceptors (Lipinski definition) is 6. The van der Waals surface area contributed by atoms with E-state index < -0.39 is 0 Å². The number of carbonyl (C=O) groups is 2. The summed E-state index contributed by atoms with van der Waals surface area (Å²) < 4.78 is 7.34. The van der Waals surface area contributed by atoms with Gasteiger partial charge in [0.05, 0.1) is 35.6 Å². The van der Waals surface area contributed by atoms with Gasteiger partial charge in [-0.25, -0.2) is 4.68 Å². The minimum Gasteiger partial charge on any atom is -0.378 e. The smallest absolute Gasteiger partial charge is 0.242 e. The average molecular weight is 559 g/mol. The third-order valence-corrected chi connectivity index (χ3v) is 9.73. The highest BCUT2D eigenvalue weighted by molar-refractivity contribution is 8.00. The monoisotopic (exact) mass is 558 g/mol. The van der Waals surface area contributed by atoms with Crippen LogP contribution in [0.3, 0.4) is 0 Å². The van der Waals surface area contributed by atoms with E-state index >= 15 is 0 Å². The van der Waals surface area contributed by atoms with E-state index in [0.29, 0.717) is 32.1 Å². The Labute approximate surface area is 236 Å². The van der Waals surface area contributed by atoms with Gasteiger partial charge in [0, 0.05) is 29.1 Å². The van der Waals surface area contributed by atoms with E-state index in [1.807, 2.05) is 54.1 Å². The van der Waals surface area contributed by atoms with Crippen molar-refractivity contribution < 1.29 is 14.3 Å². The van der Waals surface area contributed by atoms with E-state index in [1.165, 1.54) is 10.4 Å². The fourth-order valence-corrected chi connectivity index (χ4v) is 7.68. The number of aryl methyl sites for hydroxylation is 2. The molecule has 2 aromatic heterocycles. The van der Waals surface area contributed by atoms with Crippen LogP contribution < -0.4 is 4.90 Å². The molecule has 1 fully saturated rings. The molecule has 4 aromatic rings. The van der Waals surface area contributed by atoms with Gasteiger partial charge in [-0.05, 0) is 42.5 Å². The molecule has 200 valence electrons. The molecule has 4 heterocycles. The standard InChI is InChI=1S/C30H30N4O3S2/c1-20-8-6-7-11-23(20)34-30-26(27(31-34)22-9-4-3-5-10-22)29(28-21(2)12-17-38-28)39-19-25(36)33(30)18-24(35)32-13-15-37-16-14-32/h3-12,17,29H,13-16,18-19H2,1-2H3. The van der Waals surface area contributed by atoms with Gasteiger partial charge >= 0.3 is 0 Å². The summed E-state index contributed by atoms with van der Waals surface area (Å²) in [5.41, 5.74) is 5.90. The zero-order valence-corrected chi connectivity index (χ0v) is 23.6. The van der Waals surface area contributed by atoms with Crippen molar-refractivity contribution in [3.8, 4) is 16.9 Å². The number of para-hydroxylation sites is 1. The first-order valence-corrected chi connectivity index (χ1v) is 15.0. The van der Waals surface area contributed by atoms with Crippen LogP contribution in [0.15, 0.2) is 66.0 Å². The van der Waals surface area contributed by atoms with E-state index in [-0.39, 0.29) is 29.4 Å². The first-order chi connectivity index (χ1) is 19.0. The van der Waals surface area contributed by atoms with Crippen LogP contribution in [0.1, 0.15) is 26.8 Å². The first kappa shape index (κ1) is 25.9. The van der Waals surface area contributed by atoms with Gasteiger partial charge in [-0.15, -0.1) is 23.1 Å². The molecule has 9 heteroatoms. The van der Waals surface area contributed by atoms with Crippen LogP contribution in [0.4, 0.5) is 5.82 Å². The molecular weight excluding hydrogens is 528 g/mol. The highest BCUT2D eigenvalue weighted by Crippen LogP contribution is 2.50. The lowest BCUT2D eigenvalue weighted by Gasteiger charge is -2.30. The minimum absolute atomic E-state index is 0.0334. The highest BCUT2D eigenvalue weighted by Gasteiger charge is 2.39. The van der Waals surface area contributed by atoms with Gasteiger partial charge in [-0.2, -0.15) is 5.10 Å². The zero-order chi connectivity index (χ0) is 26.9. The Morgan fingerprint density at radius 1 is 1.00 bits per heavy atom. The maximum absolute atomic E-state index is 13.9. The van der Waals surface area contributed by atoms with Crippen molar-refractivity contribution in [2.75, 3.05) is 43.5 Å². The molecule has 2 aliphatic heterocycles. The number of benzene rings is 2. The van der Waals surface area contributed by atoms with Crippen molar-refractivity contribution in [2.45, 2.75) is 19.1 Å². The van der Waals surface area contributed by atoms with Crippen LogP contribution in [0.25, 0.3) is 16.9 Å². The SMILES string of the molecule is Cc1ccccc1-n1nc(-c2ccccc2)c2c1N(CC(=O)N1CCOCC1)C(=O)CSC2c1sccc1C.